The number of hydrogen-bond acceptors (Lipinski definition) is 4. The standard InChI is InChI=1S/C18H26N4O2/c1-13(2)17-6-5-16(9-18(17)22(23)24)11-19-10-14(3)12-21-8-7-20-15(21)4/h5-9,13-14,19H,10-12H2,1-4H3. The minimum atomic E-state index is -0.288. The van der Waals surface area contributed by atoms with Gasteiger partial charge in [-0.25, -0.2) is 4.98 Å². The zero-order valence-electron chi connectivity index (χ0n) is 14.8. The van der Waals surface area contributed by atoms with Crippen LogP contribution in [0.25, 0.3) is 0 Å². The number of aryl methyl sites for hydroxylation is 1. The highest BCUT2D eigenvalue weighted by Gasteiger charge is 2.17. The Morgan fingerprint density at radius 2 is 2.08 bits per heavy atom. The van der Waals surface area contributed by atoms with Crippen LogP contribution in [0.5, 0.6) is 0 Å². The maximum absolute atomic E-state index is 11.2. The Kier molecular flexibility index (Phi) is 6.09. The monoisotopic (exact) mass is 330 g/mol. The second-order valence-electron chi connectivity index (χ2n) is 6.67. The van der Waals surface area contributed by atoms with Crippen LogP contribution in [0.4, 0.5) is 5.69 Å². The number of nitrogens with one attached hydrogen (secondary N) is 1. The third-order valence-electron chi connectivity index (χ3n) is 4.17. The van der Waals surface area contributed by atoms with Gasteiger partial charge in [0.05, 0.1) is 4.92 Å². The van der Waals surface area contributed by atoms with Gasteiger partial charge in [-0.15, -0.1) is 0 Å². The highest BCUT2D eigenvalue weighted by molar-refractivity contribution is 5.45. The molecule has 0 spiro atoms. The summed E-state index contributed by atoms with van der Waals surface area (Å²) in [6.07, 6.45) is 3.80. The topological polar surface area (TPSA) is 73.0 Å². The average molecular weight is 330 g/mol. The highest BCUT2D eigenvalue weighted by Crippen LogP contribution is 2.27. The van der Waals surface area contributed by atoms with Gasteiger partial charge in [-0.1, -0.05) is 32.9 Å². The molecular weight excluding hydrogens is 304 g/mol. The molecule has 0 aliphatic rings. The highest BCUT2D eigenvalue weighted by atomic mass is 16.6. The van der Waals surface area contributed by atoms with E-state index in [1.54, 1.807) is 6.07 Å². The molecule has 2 rings (SSSR count). The maximum atomic E-state index is 11.2. The summed E-state index contributed by atoms with van der Waals surface area (Å²) in [5.74, 6) is 1.61. The largest absolute Gasteiger partial charge is 0.335 e. The first kappa shape index (κ1) is 18.1. The first-order chi connectivity index (χ1) is 11.4. The van der Waals surface area contributed by atoms with Gasteiger partial charge in [0, 0.05) is 37.1 Å². The summed E-state index contributed by atoms with van der Waals surface area (Å²) in [5, 5.41) is 14.6. The summed E-state index contributed by atoms with van der Waals surface area (Å²) in [4.78, 5) is 15.2. The first-order valence-electron chi connectivity index (χ1n) is 8.34. The van der Waals surface area contributed by atoms with E-state index in [1.807, 2.05) is 45.3 Å². The molecule has 1 aromatic carbocycles. The summed E-state index contributed by atoms with van der Waals surface area (Å²) in [5.41, 5.74) is 1.94. The van der Waals surface area contributed by atoms with Gasteiger partial charge in [-0.3, -0.25) is 10.1 Å². The average Bonchev–Trinajstić information content (AvgIpc) is 2.92. The second-order valence-corrected chi connectivity index (χ2v) is 6.67. The molecule has 6 nitrogen and oxygen atoms in total. The molecule has 24 heavy (non-hydrogen) atoms. The van der Waals surface area contributed by atoms with E-state index in [-0.39, 0.29) is 16.5 Å². The van der Waals surface area contributed by atoms with E-state index < -0.39 is 0 Å². The quantitative estimate of drug-likeness (QED) is 0.592. The van der Waals surface area contributed by atoms with Gasteiger partial charge in [-0.2, -0.15) is 0 Å². The van der Waals surface area contributed by atoms with Crippen molar-refractivity contribution in [2.75, 3.05) is 6.54 Å². The van der Waals surface area contributed by atoms with Crippen molar-refractivity contribution in [3.63, 3.8) is 0 Å². The minimum Gasteiger partial charge on any atom is -0.335 e. The molecule has 130 valence electrons. The molecule has 0 radical (unpaired) electrons. The van der Waals surface area contributed by atoms with Crippen LogP contribution >= 0.6 is 0 Å². The number of nitrogens with zero attached hydrogens (tertiary/aromatic N) is 3. The predicted octanol–water partition coefficient (Wildman–Crippen LogP) is 3.65. The van der Waals surface area contributed by atoms with Crippen molar-refractivity contribution in [3.8, 4) is 0 Å². The number of nitro benzene ring substituents is 1. The minimum absolute atomic E-state index is 0.144. The molecule has 0 aliphatic carbocycles. The Balaban J connectivity index is 1.91. The van der Waals surface area contributed by atoms with Crippen molar-refractivity contribution >= 4 is 5.69 Å². The summed E-state index contributed by atoms with van der Waals surface area (Å²) < 4.78 is 2.13. The third kappa shape index (κ3) is 4.64. The molecule has 1 unspecified atom stereocenters. The lowest BCUT2D eigenvalue weighted by Gasteiger charge is -2.15. The summed E-state index contributed by atoms with van der Waals surface area (Å²) in [6.45, 7) is 10.5. The lowest BCUT2D eigenvalue weighted by molar-refractivity contribution is -0.385. The van der Waals surface area contributed by atoms with Gasteiger partial charge >= 0.3 is 0 Å². The van der Waals surface area contributed by atoms with Crippen LogP contribution in [0.1, 0.15) is 43.6 Å². The van der Waals surface area contributed by atoms with Gasteiger partial charge in [0.25, 0.3) is 5.69 Å². The Morgan fingerprint density at radius 3 is 2.67 bits per heavy atom. The van der Waals surface area contributed by atoms with Crippen LogP contribution in [0, 0.1) is 23.0 Å². The smallest absolute Gasteiger partial charge is 0.273 e. The van der Waals surface area contributed by atoms with Crippen LogP contribution in [0.3, 0.4) is 0 Å². The summed E-state index contributed by atoms with van der Waals surface area (Å²) in [7, 11) is 0. The maximum Gasteiger partial charge on any atom is 0.273 e. The molecule has 1 heterocycles. The molecule has 1 atom stereocenters. The zero-order chi connectivity index (χ0) is 17.7. The molecule has 6 heteroatoms. The molecule has 0 aliphatic heterocycles. The van der Waals surface area contributed by atoms with Crippen molar-refractivity contribution in [1.29, 1.82) is 0 Å². The number of rotatable bonds is 8. The summed E-state index contributed by atoms with van der Waals surface area (Å²) in [6, 6.07) is 5.53. The molecule has 0 amide bonds. The van der Waals surface area contributed by atoms with E-state index in [0.29, 0.717) is 12.5 Å². The first-order valence-corrected chi connectivity index (χ1v) is 8.34. The van der Waals surface area contributed by atoms with Crippen LogP contribution in [-0.2, 0) is 13.1 Å². The Morgan fingerprint density at radius 1 is 1.33 bits per heavy atom. The van der Waals surface area contributed by atoms with Gasteiger partial charge in [0.15, 0.2) is 0 Å². The lowest BCUT2D eigenvalue weighted by Crippen LogP contribution is -2.24. The van der Waals surface area contributed by atoms with Crippen LogP contribution in [-0.4, -0.2) is 21.0 Å². The van der Waals surface area contributed by atoms with Crippen molar-refractivity contribution in [3.05, 3.63) is 57.7 Å². The van der Waals surface area contributed by atoms with Crippen molar-refractivity contribution < 1.29 is 4.92 Å². The molecule has 0 bridgehead atoms. The molecule has 1 N–H and O–H groups in total. The predicted molar refractivity (Wildman–Crippen MR) is 95.0 cm³/mol. The fourth-order valence-electron chi connectivity index (χ4n) is 2.81. The van der Waals surface area contributed by atoms with Crippen LogP contribution in [0.15, 0.2) is 30.6 Å². The number of aromatic nitrogens is 2. The van der Waals surface area contributed by atoms with Gasteiger partial charge in [0.2, 0.25) is 0 Å². The van der Waals surface area contributed by atoms with E-state index in [4.69, 9.17) is 0 Å². The molecule has 1 aromatic heterocycles. The summed E-state index contributed by atoms with van der Waals surface area (Å²) >= 11 is 0. The molecule has 0 fully saturated rings. The van der Waals surface area contributed by atoms with Crippen molar-refractivity contribution in [2.24, 2.45) is 5.92 Å². The van der Waals surface area contributed by atoms with Gasteiger partial charge in [0.1, 0.15) is 5.82 Å². The number of hydrogen-bond donors (Lipinski definition) is 1. The molecule has 2 aromatic rings. The van der Waals surface area contributed by atoms with Gasteiger partial charge in [-0.05, 0) is 30.9 Å². The fourth-order valence-corrected chi connectivity index (χ4v) is 2.81. The normalized spacial score (nSPS) is 12.5. The third-order valence-corrected chi connectivity index (χ3v) is 4.17. The second kappa shape index (κ2) is 8.06. The van der Waals surface area contributed by atoms with E-state index in [9.17, 15) is 10.1 Å². The number of nitro groups is 1. The molecule has 0 saturated heterocycles. The molecular formula is C18H26N4O2. The van der Waals surface area contributed by atoms with Crippen LogP contribution < -0.4 is 5.32 Å². The van der Waals surface area contributed by atoms with E-state index >= 15 is 0 Å². The van der Waals surface area contributed by atoms with E-state index in [2.05, 4.69) is 21.8 Å². The number of imidazole rings is 1. The zero-order valence-corrected chi connectivity index (χ0v) is 14.8. The Bertz CT molecular complexity index is 694. The lowest BCUT2D eigenvalue weighted by atomic mass is 9.99. The SMILES string of the molecule is Cc1nccn1CC(C)CNCc1ccc(C(C)C)c([N+](=O)[O-])c1. The van der Waals surface area contributed by atoms with Crippen molar-refractivity contribution in [2.45, 2.75) is 46.7 Å². The van der Waals surface area contributed by atoms with Gasteiger partial charge < -0.3 is 9.88 Å². The van der Waals surface area contributed by atoms with E-state index in [0.717, 1.165) is 30.0 Å². The number of benzene rings is 1. The Hall–Kier alpha value is -2.21. The van der Waals surface area contributed by atoms with Crippen molar-refractivity contribution in [1.82, 2.24) is 14.9 Å². The Labute approximate surface area is 143 Å². The molecule has 0 saturated carbocycles. The van der Waals surface area contributed by atoms with Crippen LogP contribution in [0.2, 0.25) is 0 Å². The van der Waals surface area contributed by atoms with E-state index in [1.165, 1.54) is 0 Å². The fraction of sp³-hybridized carbons (Fsp3) is 0.500.